The third kappa shape index (κ3) is 10.2. The number of piperidine rings is 1. The maximum absolute atomic E-state index is 13.1. The van der Waals surface area contributed by atoms with Crippen LogP contribution in [0.15, 0.2) is 78.9 Å². The van der Waals surface area contributed by atoms with Gasteiger partial charge in [0.2, 0.25) is 0 Å². The van der Waals surface area contributed by atoms with E-state index in [9.17, 15) is 9.59 Å². The lowest BCUT2D eigenvalue weighted by Gasteiger charge is -2.32. The van der Waals surface area contributed by atoms with E-state index in [2.05, 4.69) is 15.1 Å². The molecule has 9 heteroatoms. The molecule has 1 aliphatic heterocycles. The fraction of sp³-hybridized carbons (Fsp3) is 0.429. The zero-order valence-corrected chi connectivity index (χ0v) is 26.2. The standard InChI is InChI=1S/C35H46N4O5/c1-37(34(40)30-15-13-28(14-16-30)27-39(23-25-42-2)24-26-43-3)21-22-38-19-17-31(18-20-38)44-35(41)36-33-12-8-7-11-32(33)29-9-5-4-6-10-29/h4-16,31H,17-27H2,1-3H3,(H,36,41). The van der Waals surface area contributed by atoms with Gasteiger partial charge in [-0.3, -0.25) is 15.0 Å². The van der Waals surface area contributed by atoms with E-state index in [0.29, 0.717) is 25.3 Å². The molecule has 236 valence electrons. The van der Waals surface area contributed by atoms with Gasteiger partial charge in [-0.1, -0.05) is 60.7 Å². The molecule has 1 aliphatic rings. The maximum Gasteiger partial charge on any atom is 0.411 e. The van der Waals surface area contributed by atoms with Crippen LogP contribution in [0.25, 0.3) is 11.1 Å². The number of para-hydroxylation sites is 1. The SMILES string of the molecule is COCCN(CCOC)Cc1ccc(C(=O)N(C)CCN2CCC(OC(=O)Nc3ccccc3-c3ccccc3)CC2)cc1. The summed E-state index contributed by atoms with van der Waals surface area (Å²) in [5, 5.41) is 2.93. The number of hydrogen-bond acceptors (Lipinski definition) is 7. The molecule has 0 aromatic heterocycles. The highest BCUT2D eigenvalue weighted by Crippen LogP contribution is 2.28. The number of carbonyl (C=O) groups excluding carboxylic acids is 2. The molecule has 1 fully saturated rings. The summed E-state index contributed by atoms with van der Waals surface area (Å²) in [5.74, 6) is 0.0119. The van der Waals surface area contributed by atoms with E-state index in [4.69, 9.17) is 14.2 Å². The van der Waals surface area contributed by atoms with Crippen LogP contribution in [0.3, 0.4) is 0 Å². The summed E-state index contributed by atoms with van der Waals surface area (Å²) in [6, 6.07) is 25.6. The fourth-order valence-electron chi connectivity index (χ4n) is 5.34. The van der Waals surface area contributed by atoms with Crippen molar-refractivity contribution >= 4 is 17.7 Å². The molecule has 0 saturated carbocycles. The van der Waals surface area contributed by atoms with E-state index in [1.54, 1.807) is 19.1 Å². The number of nitrogens with zero attached hydrogens (tertiary/aromatic N) is 3. The van der Waals surface area contributed by atoms with Crippen molar-refractivity contribution in [2.45, 2.75) is 25.5 Å². The molecule has 0 atom stereocenters. The summed E-state index contributed by atoms with van der Waals surface area (Å²) >= 11 is 0. The zero-order valence-electron chi connectivity index (χ0n) is 26.2. The number of hydrogen-bond donors (Lipinski definition) is 1. The highest BCUT2D eigenvalue weighted by Gasteiger charge is 2.23. The lowest BCUT2D eigenvalue weighted by atomic mass is 10.0. The highest BCUT2D eigenvalue weighted by molar-refractivity contribution is 5.94. The van der Waals surface area contributed by atoms with Crippen LogP contribution in [-0.4, -0.2) is 107 Å². The minimum absolute atomic E-state index is 0.0119. The average molecular weight is 603 g/mol. The van der Waals surface area contributed by atoms with Crippen molar-refractivity contribution in [2.24, 2.45) is 0 Å². The Labute approximate surface area is 261 Å². The third-order valence-electron chi connectivity index (χ3n) is 7.99. The number of benzene rings is 3. The predicted molar refractivity (Wildman–Crippen MR) is 174 cm³/mol. The molecule has 1 N–H and O–H groups in total. The number of likely N-dealkylation sites (N-methyl/N-ethyl adjacent to an activating group) is 1. The van der Waals surface area contributed by atoms with E-state index in [1.165, 1.54) is 0 Å². The summed E-state index contributed by atoms with van der Waals surface area (Å²) in [5.41, 5.74) is 4.56. The molecule has 44 heavy (non-hydrogen) atoms. The van der Waals surface area contributed by atoms with Crippen molar-refractivity contribution in [2.75, 3.05) is 79.1 Å². The van der Waals surface area contributed by atoms with Crippen molar-refractivity contribution in [1.29, 1.82) is 0 Å². The normalized spacial score (nSPS) is 14.0. The van der Waals surface area contributed by atoms with E-state index in [1.807, 2.05) is 85.9 Å². The molecule has 4 rings (SSSR count). The van der Waals surface area contributed by atoms with E-state index >= 15 is 0 Å². The molecule has 2 amide bonds. The van der Waals surface area contributed by atoms with Crippen molar-refractivity contribution in [3.63, 3.8) is 0 Å². The minimum Gasteiger partial charge on any atom is -0.446 e. The van der Waals surface area contributed by atoms with E-state index in [-0.39, 0.29) is 12.0 Å². The van der Waals surface area contributed by atoms with Crippen LogP contribution in [-0.2, 0) is 20.8 Å². The number of rotatable bonds is 15. The first-order valence-corrected chi connectivity index (χ1v) is 15.4. The van der Waals surface area contributed by atoms with Crippen LogP contribution in [0.2, 0.25) is 0 Å². The van der Waals surface area contributed by atoms with Gasteiger partial charge in [-0.05, 0) is 42.2 Å². The Morgan fingerprint density at radius 3 is 2.14 bits per heavy atom. The zero-order chi connectivity index (χ0) is 31.1. The lowest BCUT2D eigenvalue weighted by Crippen LogP contribution is -2.42. The molecule has 0 bridgehead atoms. The van der Waals surface area contributed by atoms with Crippen LogP contribution in [0, 0.1) is 0 Å². The van der Waals surface area contributed by atoms with Gasteiger partial charge < -0.3 is 24.0 Å². The largest absolute Gasteiger partial charge is 0.446 e. The Kier molecular flexibility index (Phi) is 13.2. The van der Waals surface area contributed by atoms with Crippen LogP contribution in [0.5, 0.6) is 0 Å². The maximum atomic E-state index is 13.1. The van der Waals surface area contributed by atoms with Gasteiger partial charge in [-0.2, -0.15) is 0 Å². The second-order valence-corrected chi connectivity index (χ2v) is 11.2. The highest BCUT2D eigenvalue weighted by atomic mass is 16.6. The third-order valence-corrected chi connectivity index (χ3v) is 7.99. The molecule has 3 aromatic carbocycles. The summed E-state index contributed by atoms with van der Waals surface area (Å²) in [6.45, 7) is 6.79. The van der Waals surface area contributed by atoms with Crippen molar-refractivity contribution in [3.05, 3.63) is 90.0 Å². The first-order valence-electron chi connectivity index (χ1n) is 15.4. The average Bonchev–Trinajstić information content (AvgIpc) is 3.06. The number of likely N-dealkylation sites (tertiary alicyclic amines) is 1. The van der Waals surface area contributed by atoms with Crippen LogP contribution >= 0.6 is 0 Å². The fourth-order valence-corrected chi connectivity index (χ4v) is 5.34. The molecule has 0 aliphatic carbocycles. The topological polar surface area (TPSA) is 83.6 Å². The molecule has 3 aromatic rings. The summed E-state index contributed by atoms with van der Waals surface area (Å²) in [6.07, 6.45) is 0.964. The summed E-state index contributed by atoms with van der Waals surface area (Å²) in [7, 11) is 5.26. The first kappa shape index (κ1) is 33.1. The van der Waals surface area contributed by atoms with Gasteiger partial charge in [-0.25, -0.2) is 4.79 Å². The number of anilines is 1. The van der Waals surface area contributed by atoms with Gasteiger partial charge in [0.05, 0.1) is 18.9 Å². The Hall–Kier alpha value is -3.76. The Balaban J connectivity index is 1.18. The summed E-state index contributed by atoms with van der Waals surface area (Å²) < 4.78 is 16.2. The van der Waals surface area contributed by atoms with Gasteiger partial charge >= 0.3 is 6.09 Å². The van der Waals surface area contributed by atoms with Crippen LogP contribution in [0.4, 0.5) is 10.5 Å². The molecule has 9 nitrogen and oxygen atoms in total. The lowest BCUT2D eigenvalue weighted by molar-refractivity contribution is 0.0540. The Bertz CT molecular complexity index is 1290. The van der Waals surface area contributed by atoms with E-state index < -0.39 is 6.09 Å². The molecule has 0 unspecified atom stereocenters. The molecular formula is C35H46N4O5. The molecule has 0 spiro atoms. The van der Waals surface area contributed by atoms with Crippen molar-refractivity contribution in [3.8, 4) is 11.1 Å². The van der Waals surface area contributed by atoms with Gasteiger partial charge in [0.15, 0.2) is 0 Å². The molecule has 1 heterocycles. The second-order valence-electron chi connectivity index (χ2n) is 11.2. The predicted octanol–water partition coefficient (Wildman–Crippen LogP) is 5.23. The minimum atomic E-state index is -0.430. The second kappa shape index (κ2) is 17.5. The quantitative estimate of drug-likeness (QED) is 0.255. The Morgan fingerprint density at radius 1 is 0.841 bits per heavy atom. The molecule has 0 radical (unpaired) electrons. The van der Waals surface area contributed by atoms with E-state index in [0.717, 1.165) is 74.5 Å². The number of methoxy groups -OCH3 is 2. The van der Waals surface area contributed by atoms with Crippen molar-refractivity contribution in [1.82, 2.24) is 14.7 Å². The number of amides is 2. The number of ether oxygens (including phenoxy) is 3. The summed E-state index contributed by atoms with van der Waals surface area (Å²) in [4.78, 5) is 32.2. The Morgan fingerprint density at radius 2 is 1.48 bits per heavy atom. The van der Waals surface area contributed by atoms with Gasteiger partial charge in [-0.15, -0.1) is 0 Å². The van der Waals surface area contributed by atoms with Gasteiger partial charge in [0, 0.05) is 78.2 Å². The van der Waals surface area contributed by atoms with Gasteiger partial charge in [0.25, 0.3) is 5.91 Å². The van der Waals surface area contributed by atoms with Crippen LogP contribution < -0.4 is 5.32 Å². The first-order chi connectivity index (χ1) is 21.5. The number of carbonyl (C=O) groups is 2. The monoisotopic (exact) mass is 602 g/mol. The number of nitrogens with one attached hydrogen (secondary N) is 1. The van der Waals surface area contributed by atoms with Crippen molar-refractivity contribution < 1.29 is 23.8 Å². The molecule has 1 saturated heterocycles. The van der Waals surface area contributed by atoms with Gasteiger partial charge in [0.1, 0.15) is 6.10 Å². The van der Waals surface area contributed by atoms with Crippen LogP contribution in [0.1, 0.15) is 28.8 Å². The smallest absolute Gasteiger partial charge is 0.411 e. The molecular weight excluding hydrogens is 556 g/mol.